The van der Waals surface area contributed by atoms with Gasteiger partial charge in [0.1, 0.15) is 0 Å². The molecule has 0 heterocycles. The van der Waals surface area contributed by atoms with Gasteiger partial charge in [0.15, 0.2) is 0 Å². The maximum Gasteiger partial charge on any atom is 0.0475 e. The molecule has 25 heavy (non-hydrogen) atoms. The van der Waals surface area contributed by atoms with Gasteiger partial charge in [-0.3, -0.25) is 4.21 Å². The Morgan fingerprint density at radius 2 is 1.24 bits per heavy atom. The topological polar surface area (TPSA) is 37.3 Å². The maximum absolute atomic E-state index is 11.2. The van der Waals surface area contributed by atoms with Crippen LogP contribution in [-0.4, -0.2) is 39.4 Å². The van der Waals surface area contributed by atoms with Crippen LogP contribution in [0.15, 0.2) is 0 Å². The van der Waals surface area contributed by atoms with Crippen molar-refractivity contribution in [3.63, 3.8) is 0 Å². The number of hydrogen-bond acceptors (Lipinski definition) is 3. The highest BCUT2D eigenvalue weighted by molar-refractivity contribution is 7.99. The molecule has 0 saturated heterocycles. The lowest BCUT2D eigenvalue weighted by Crippen LogP contribution is -2.17. The van der Waals surface area contributed by atoms with Crippen LogP contribution in [0.1, 0.15) is 96.8 Å². The van der Waals surface area contributed by atoms with Gasteiger partial charge in [-0.25, -0.2) is 0 Å². The summed E-state index contributed by atoms with van der Waals surface area (Å²) in [7, 11) is -0.787. The predicted molar refractivity (Wildman–Crippen MR) is 117 cm³/mol. The van der Waals surface area contributed by atoms with Gasteiger partial charge >= 0.3 is 0 Å². The van der Waals surface area contributed by atoms with Crippen molar-refractivity contribution in [1.29, 1.82) is 0 Å². The van der Waals surface area contributed by atoms with Gasteiger partial charge in [-0.1, -0.05) is 90.4 Å². The molecule has 0 spiro atoms. The van der Waals surface area contributed by atoms with E-state index in [-0.39, 0.29) is 12.5 Å². The number of rotatable bonds is 20. The van der Waals surface area contributed by atoms with E-state index in [1.807, 2.05) is 11.8 Å². The predicted octanol–water partition coefficient (Wildman–Crippen LogP) is 6.19. The molecule has 0 aromatic rings. The minimum Gasteiger partial charge on any atom is -0.396 e. The molecule has 0 aliphatic heterocycles. The van der Waals surface area contributed by atoms with Crippen molar-refractivity contribution in [2.24, 2.45) is 5.92 Å². The number of thioether (sulfide) groups is 1. The molecule has 0 radical (unpaired) electrons. The third kappa shape index (κ3) is 20.6. The minimum atomic E-state index is -0.787. The van der Waals surface area contributed by atoms with Crippen LogP contribution in [0.25, 0.3) is 0 Å². The van der Waals surface area contributed by atoms with Gasteiger partial charge < -0.3 is 5.11 Å². The molecule has 4 heteroatoms. The summed E-state index contributed by atoms with van der Waals surface area (Å²) in [6, 6.07) is 0. The third-order valence-corrected chi connectivity index (χ3v) is 6.95. The Labute approximate surface area is 164 Å². The van der Waals surface area contributed by atoms with Crippen LogP contribution in [0.3, 0.4) is 0 Å². The van der Waals surface area contributed by atoms with E-state index in [1.165, 1.54) is 95.6 Å². The zero-order valence-corrected chi connectivity index (χ0v) is 18.6. The van der Waals surface area contributed by atoms with E-state index in [9.17, 15) is 9.32 Å². The molecule has 0 aliphatic rings. The molecule has 0 amide bonds. The van der Waals surface area contributed by atoms with E-state index in [2.05, 4.69) is 6.92 Å². The summed E-state index contributed by atoms with van der Waals surface area (Å²) in [5, 5.41) is 9.25. The molecule has 152 valence electrons. The number of aliphatic hydroxyl groups is 1. The monoisotopic (exact) mass is 392 g/mol. The molecule has 0 fully saturated rings. The Kier molecular flexibility index (Phi) is 21.2. The van der Waals surface area contributed by atoms with E-state index in [1.54, 1.807) is 6.26 Å². The van der Waals surface area contributed by atoms with Crippen molar-refractivity contribution in [2.45, 2.75) is 96.8 Å². The molecule has 0 aromatic carbocycles. The fourth-order valence-corrected chi connectivity index (χ4v) is 5.30. The fourth-order valence-electron chi connectivity index (χ4n) is 3.13. The van der Waals surface area contributed by atoms with E-state index in [0.717, 1.165) is 5.75 Å². The highest BCUT2D eigenvalue weighted by Gasteiger charge is 2.09. The van der Waals surface area contributed by atoms with E-state index in [0.29, 0.717) is 5.75 Å². The lowest BCUT2D eigenvalue weighted by Gasteiger charge is -2.11. The molecule has 2 atom stereocenters. The Bertz CT molecular complexity index is 285. The summed E-state index contributed by atoms with van der Waals surface area (Å²) in [4.78, 5) is 0. The van der Waals surface area contributed by atoms with Gasteiger partial charge in [0.05, 0.1) is 0 Å². The summed E-state index contributed by atoms with van der Waals surface area (Å²) in [5.41, 5.74) is 0. The van der Waals surface area contributed by atoms with Gasteiger partial charge in [-0.05, 0) is 17.9 Å². The molecule has 1 N–H and O–H groups in total. The van der Waals surface area contributed by atoms with Gasteiger partial charge in [-0.15, -0.1) is 0 Å². The Morgan fingerprint density at radius 1 is 0.800 bits per heavy atom. The Morgan fingerprint density at radius 3 is 1.64 bits per heavy atom. The lowest BCUT2D eigenvalue weighted by atomic mass is 10.0. The van der Waals surface area contributed by atoms with E-state index >= 15 is 0 Å². The summed E-state index contributed by atoms with van der Waals surface area (Å²) < 4.78 is 11.2. The molecule has 0 aromatic heterocycles. The van der Waals surface area contributed by atoms with Gasteiger partial charge in [-0.2, -0.15) is 11.8 Å². The molecule has 0 saturated carbocycles. The first-order chi connectivity index (χ1) is 12.2. The van der Waals surface area contributed by atoms with Crippen molar-refractivity contribution in [3.8, 4) is 0 Å². The van der Waals surface area contributed by atoms with Crippen LogP contribution in [0, 0.1) is 5.92 Å². The zero-order valence-electron chi connectivity index (χ0n) is 17.0. The zero-order chi connectivity index (χ0) is 18.6. The van der Waals surface area contributed by atoms with Crippen molar-refractivity contribution >= 4 is 22.6 Å². The summed E-state index contributed by atoms with van der Waals surface area (Å²) >= 11 is 1.92. The van der Waals surface area contributed by atoms with Gasteiger partial charge in [0.25, 0.3) is 0 Å². The first-order valence-corrected chi connectivity index (χ1v) is 13.6. The second-order valence-corrected chi connectivity index (χ2v) is 10.1. The molecule has 0 aliphatic carbocycles. The van der Waals surface area contributed by atoms with Crippen LogP contribution in [0.2, 0.25) is 0 Å². The van der Waals surface area contributed by atoms with Crippen molar-refractivity contribution in [3.05, 3.63) is 0 Å². The Balaban J connectivity index is 3.15. The molecule has 0 rings (SSSR count). The van der Waals surface area contributed by atoms with Crippen LogP contribution in [0.4, 0.5) is 0 Å². The first kappa shape index (κ1) is 25.5. The molecule has 2 nitrogen and oxygen atoms in total. The lowest BCUT2D eigenvalue weighted by molar-refractivity contribution is 0.252. The van der Waals surface area contributed by atoms with Gasteiger partial charge in [0.2, 0.25) is 0 Å². The van der Waals surface area contributed by atoms with Crippen LogP contribution < -0.4 is 0 Å². The molecule has 0 bridgehead atoms. The van der Waals surface area contributed by atoms with Crippen molar-refractivity contribution in [2.75, 3.05) is 30.1 Å². The van der Waals surface area contributed by atoms with E-state index < -0.39 is 10.8 Å². The third-order valence-electron chi connectivity index (χ3n) is 4.72. The number of aliphatic hydroxyl groups excluding tert-OH is 1. The quantitative estimate of drug-likeness (QED) is 0.251. The fraction of sp³-hybridized carbons (Fsp3) is 1.00. The molecular formula is C21H44O2S2. The Hall–Kier alpha value is 0.460. The summed E-state index contributed by atoms with van der Waals surface area (Å²) in [6.07, 6.45) is 21.4. The van der Waals surface area contributed by atoms with Crippen molar-refractivity contribution < 1.29 is 9.32 Å². The summed E-state index contributed by atoms with van der Waals surface area (Å²) in [6.45, 7) is 2.45. The minimum absolute atomic E-state index is 0.172. The largest absolute Gasteiger partial charge is 0.396 e. The standard InChI is InChI=1S/C21H44O2S2/c1-3-4-5-6-7-8-9-10-11-12-13-14-15-16-17-24-19-21(18-22)20-25(2)23/h21-22H,3-20H2,1-2H3. The second kappa shape index (κ2) is 20.8. The number of unbranched alkanes of at least 4 members (excludes halogenated alkanes) is 13. The first-order valence-electron chi connectivity index (χ1n) is 10.7. The van der Waals surface area contributed by atoms with Crippen LogP contribution >= 0.6 is 11.8 Å². The van der Waals surface area contributed by atoms with Crippen LogP contribution in [-0.2, 0) is 10.8 Å². The second-order valence-electron chi connectivity index (χ2n) is 7.46. The number of hydrogen-bond donors (Lipinski definition) is 1. The maximum atomic E-state index is 11.2. The average Bonchev–Trinajstić information content (AvgIpc) is 2.60. The summed E-state index contributed by atoms with van der Waals surface area (Å²) in [5.74, 6) is 2.99. The average molecular weight is 393 g/mol. The van der Waals surface area contributed by atoms with Gasteiger partial charge in [0, 0.05) is 35.3 Å². The molecular weight excluding hydrogens is 348 g/mol. The van der Waals surface area contributed by atoms with E-state index in [4.69, 9.17) is 0 Å². The highest BCUT2D eigenvalue weighted by Crippen LogP contribution is 2.15. The SMILES string of the molecule is CCCCCCCCCCCCCCCCSCC(CO)CS(C)=O. The van der Waals surface area contributed by atoms with Crippen LogP contribution in [0.5, 0.6) is 0 Å². The molecule has 2 unspecified atom stereocenters. The van der Waals surface area contributed by atoms with Crippen molar-refractivity contribution in [1.82, 2.24) is 0 Å². The normalized spacial score (nSPS) is 13.9. The highest BCUT2D eigenvalue weighted by atomic mass is 32.2. The smallest absolute Gasteiger partial charge is 0.0475 e.